The topological polar surface area (TPSA) is 102 Å². The Bertz CT molecular complexity index is 1230. The molecular formula is C25H22IN3O4. The van der Waals surface area contributed by atoms with Crippen molar-refractivity contribution >= 4 is 34.2 Å². The Morgan fingerprint density at radius 2 is 1.70 bits per heavy atom. The SMILES string of the molecule is NN(CCC(=O)O)c1cc(OCc2nc(-c3ccccc3)oc2-c2ccccc2)ccc1I. The van der Waals surface area contributed by atoms with Gasteiger partial charge < -0.3 is 19.3 Å². The van der Waals surface area contributed by atoms with E-state index in [1.807, 2.05) is 72.8 Å². The second kappa shape index (κ2) is 10.5. The van der Waals surface area contributed by atoms with Crippen LogP contribution >= 0.6 is 22.6 Å². The fourth-order valence-electron chi connectivity index (χ4n) is 3.26. The smallest absolute Gasteiger partial charge is 0.305 e. The summed E-state index contributed by atoms with van der Waals surface area (Å²) in [5.74, 6) is 6.95. The van der Waals surface area contributed by atoms with Crippen LogP contribution in [0.25, 0.3) is 22.8 Å². The van der Waals surface area contributed by atoms with Crippen LogP contribution in [0.5, 0.6) is 5.75 Å². The number of carboxylic acid groups (broad SMARTS) is 1. The van der Waals surface area contributed by atoms with Crippen molar-refractivity contribution < 1.29 is 19.1 Å². The van der Waals surface area contributed by atoms with Crippen LogP contribution < -0.4 is 15.6 Å². The molecule has 0 aliphatic heterocycles. The molecule has 4 aromatic rings. The van der Waals surface area contributed by atoms with Crippen LogP contribution in [0.2, 0.25) is 0 Å². The highest BCUT2D eigenvalue weighted by molar-refractivity contribution is 14.1. The van der Waals surface area contributed by atoms with Crippen LogP contribution in [-0.4, -0.2) is 22.6 Å². The highest BCUT2D eigenvalue weighted by Gasteiger charge is 2.17. The number of nitrogens with zero attached hydrogens (tertiary/aromatic N) is 2. The van der Waals surface area contributed by atoms with Gasteiger partial charge in [-0.1, -0.05) is 48.5 Å². The first kappa shape index (κ1) is 22.8. The minimum Gasteiger partial charge on any atom is -0.487 e. The standard InChI is InChI=1S/C25H22IN3O4/c26-20-12-11-19(15-22(20)29(27)14-13-23(30)31)32-16-21-24(17-7-3-1-4-8-17)33-25(28-21)18-9-5-2-6-10-18/h1-12,15H,13-14,16,27H2,(H,30,31). The average molecular weight is 555 g/mol. The lowest BCUT2D eigenvalue weighted by molar-refractivity contribution is -0.136. The van der Waals surface area contributed by atoms with Crippen molar-refractivity contribution in [2.45, 2.75) is 13.0 Å². The molecule has 0 atom stereocenters. The van der Waals surface area contributed by atoms with E-state index in [1.54, 1.807) is 6.07 Å². The molecule has 1 heterocycles. The van der Waals surface area contributed by atoms with E-state index in [9.17, 15) is 4.79 Å². The first-order chi connectivity index (χ1) is 16.0. The number of carboxylic acids is 1. The van der Waals surface area contributed by atoms with Crippen LogP contribution in [-0.2, 0) is 11.4 Å². The van der Waals surface area contributed by atoms with Gasteiger partial charge >= 0.3 is 5.97 Å². The molecule has 1 aromatic heterocycles. The molecule has 0 unspecified atom stereocenters. The number of rotatable bonds is 9. The Hall–Kier alpha value is -3.37. The first-order valence-electron chi connectivity index (χ1n) is 10.3. The summed E-state index contributed by atoms with van der Waals surface area (Å²) >= 11 is 2.16. The molecule has 3 aromatic carbocycles. The number of benzene rings is 3. The number of nitrogens with two attached hydrogens (primary N) is 1. The molecule has 0 aliphatic rings. The summed E-state index contributed by atoms with van der Waals surface area (Å²) in [6.07, 6.45) is -0.0562. The van der Waals surface area contributed by atoms with E-state index in [-0.39, 0.29) is 19.6 Å². The van der Waals surface area contributed by atoms with Crippen LogP contribution in [0.4, 0.5) is 5.69 Å². The van der Waals surface area contributed by atoms with E-state index in [0.717, 1.165) is 14.7 Å². The minimum atomic E-state index is -0.901. The molecule has 33 heavy (non-hydrogen) atoms. The first-order valence-corrected chi connectivity index (χ1v) is 11.4. The van der Waals surface area contributed by atoms with Gasteiger partial charge in [-0.25, -0.2) is 10.8 Å². The summed E-state index contributed by atoms with van der Waals surface area (Å²) in [7, 11) is 0. The number of hydrazine groups is 1. The third kappa shape index (κ3) is 5.71. The van der Waals surface area contributed by atoms with Crippen molar-refractivity contribution in [1.29, 1.82) is 0 Å². The molecule has 0 radical (unpaired) electrons. The third-order valence-corrected chi connectivity index (χ3v) is 5.84. The van der Waals surface area contributed by atoms with Gasteiger partial charge in [0, 0.05) is 27.3 Å². The van der Waals surface area contributed by atoms with Gasteiger partial charge in [-0.2, -0.15) is 0 Å². The zero-order valence-electron chi connectivity index (χ0n) is 17.6. The van der Waals surface area contributed by atoms with Gasteiger partial charge in [0.05, 0.1) is 12.1 Å². The van der Waals surface area contributed by atoms with Gasteiger partial charge in [0.25, 0.3) is 0 Å². The van der Waals surface area contributed by atoms with Crippen LogP contribution in [0.3, 0.4) is 0 Å². The highest BCUT2D eigenvalue weighted by atomic mass is 127. The van der Waals surface area contributed by atoms with Gasteiger partial charge in [-0.15, -0.1) is 0 Å². The summed E-state index contributed by atoms with van der Waals surface area (Å²) in [4.78, 5) is 15.6. The molecule has 0 bridgehead atoms. The van der Waals surface area contributed by atoms with Gasteiger partial charge in [-0.05, 0) is 46.9 Å². The lowest BCUT2D eigenvalue weighted by Crippen LogP contribution is -2.33. The predicted molar refractivity (Wildman–Crippen MR) is 135 cm³/mol. The molecule has 168 valence electrons. The fourth-order valence-corrected chi connectivity index (χ4v) is 3.90. The summed E-state index contributed by atoms with van der Waals surface area (Å²) in [5.41, 5.74) is 3.17. The third-order valence-electron chi connectivity index (χ3n) is 4.92. The molecule has 0 spiro atoms. The molecule has 8 heteroatoms. The number of anilines is 1. The van der Waals surface area contributed by atoms with Crippen molar-refractivity contribution in [1.82, 2.24) is 4.98 Å². The van der Waals surface area contributed by atoms with E-state index >= 15 is 0 Å². The van der Waals surface area contributed by atoms with E-state index < -0.39 is 5.97 Å². The molecule has 0 saturated heterocycles. The zero-order valence-corrected chi connectivity index (χ0v) is 19.8. The summed E-state index contributed by atoms with van der Waals surface area (Å²) in [6, 6.07) is 25.0. The van der Waals surface area contributed by atoms with Crippen molar-refractivity contribution in [3.8, 4) is 28.5 Å². The maximum atomic E-state index is 10.9. The molecular weight excluding hydrogens is 533 g/mol. The van der Waals surface area contributed by atoms with Crippen LogP contribution in [0.1, 0.15) is 12.1 Å². The number of aromatic nitrogens is 1. The number of carbonyl (C=O) groups is 1. The van der Waals surface area contributed by atoms with Gasteiger partial charge in [-0.3, -0.25) is 4.79 Å². The van der Waals surface area contributed by atoms with Gasteiger partial charge in [0.15, 0.2) is 5.76 Å². The average Bonchev–Trinajstić information content (AvgIpc) is 3.27. The number of ether oxygens (including phenoxy) is 1. The van der Waals surface area contributed by atoms with Crippen molar-refractivity contribution in [3.05, 3.63) is 88.1 Å². The maximum Gasteiger partial charge on any atom is 0.305 e. The summed E-state index contributed by atoms with van der Waals surface area (Å²) < 4.78 is 13.1. The highest BCUT2D eigenvalue weighted by Crippen LogP contribution is 2.31. The summed E-state index contributed by atoms with van der Waals surface area (Å²) in [6.45, 7) is 0.386. The Morgan fingerprint density at radius 3 is 2.36 bits per heavy atom. The lowest BCUT2D eigenvalue weighted by Gasteiger charge is -2.20. The van der Waals surface area contributed by atoms with E-state index in [1.165, 1.54) is 5.01 Å². The van der Waals surface area contributed by atoms with Gasteiger partial charge in [0.2, 0.25) is 5.89 Å². The van der Waals surface area contributed by atoms with E-state index in [4.69, 9.17) is 25.1 Å². The van der Waals surface area contributed by atoms with Crippen molar-refractivity contribution in [2.75, 3.05) is 11.6 Å². The lowest BCUT2D eigenvalue weighted by atomic mass is 10.1. The molecule has 0 fully saturated rings. The second-order valence-corrected chi connectivity index (χ2v) is 8.43. The van der Waals surface area contributed by atoms with Crippen LogP contribution in [0, 0.1) is 3.57 Å². The molecule has 0 amide bonds. The second-order valence-electron chi connectivity index (χ2n) is 7.27. The minimum absolute atomic E-state index is 0.0562. The predicted octanol–water partition coefficient (Wildman–Crippen LogP) is 5.35. The van der Waals surface area contributed by atoms with E-state index in [0.29, 0.717) is 28.8 Å². The normalized spacial score (nSPS) is 10.7. The number of halogens is 1. The number of hydrogen-bond donors (Lipinski definition) is 2. The fraction of sp³-hybridized carbons (Fsp3) is 0.120. The maximum absolute atomic E-state index is 10.9. The number of hydrogen-bond acceptors (Lipinski definition) is 6. The monoisotopic (exact) mass is 555 g/mol. The molecule has 0 aliphatic carbocycles. The Kier molecular flexibility index (Phi) is 7.26. The molecule has 4 rings (SSSR count). The quantitative estimate of drug-likeness (QED) is 0.163. The molecule has 3 N–H and O–H groups in total. The summed E-state index contributed by atoms with van der Waals surface area (Å²) in [5, 5.41) is 10.3. The Morgan fingerprint density at radius 1 is 1.03 bits per heavy atom. The van der Waals surface area contributed by atoms with Crippen molar-refractivity contribution in [2.24, 2.45) is 5.84 Å². The zero-order chi connectivity index (χ0) is 23.2. The molecule has 7 nitrogen and oxygen atoms in total. The molecule has 0 saturated carbocycles. The van der Waals surface area contributed by atoms with Crippen LogP contribution in [0.15, 0.2) is 83.3 Å². The number of aliphatic carboxylic acids is 1. The number of oxazole rings is 1. The largest absolute Gasteiger partial charge is 0.487 e. The Balaban J connectivity index is 1.58. The van der Waals surface area contributed by atoms with Crippen molar-refractivity contribution in [3.63, 3.8) is 0 Å². The Labute approximate surface area is 204 Å². The van der Waals surface area contributed by atoms with E-state index in [2.05, 4.69) is 22.6 Å². The van der Waals surface area contributed by atoms with Gasteiger partial charge in [0.1, 0.15) is 18.1 Å².